The number of hydrogen-bond acceptors (Lipinski definition) is 8. The van der Waals surface area contributed by atoms with Crippen LogP contribution in [0.4, 0.5) is 0 Å². The molecule has 158 valence electrons. The standard InChI is InChI=1S/C21H17N3O6S/c25-18(24-9-14-4-2-1-3-12(14)7-15(24)20(26)27)10-31-21-23-22-19(30-21)13-5-6-16-17(8-13)29-11-28-16/h1-6,8,15H,7,9-11H2,(H,26,27)/t15-/m0/s1. The zero-order valence-corrected chi connectivity index (χ0v) is 17.0. The lowest BCUT2D eigenvalue weighted by molar-refractivity contribution is -0.150. The molecule has 1 amide bonds. The summed E-state index contributed by atoms with van der Waals surface area (Å²) < 4.78 is 16.3. The second-order valence-electron chi connectivity index (χ2n) is 7.08. The first-order chi connectivity index (χ1) is 15.1. The Bertz CT molecular complexity index is 1160. The molecule has 1 atom stereocenters. The zero-order chi connectivity index (χ0) is 21.4. The number of hydrogen-bond donors (Lipinski definition) is 1. The van der Waals surface area contributed by atoms with Gasteiger partial charge in [-0.15, -0.1) is 10.2 Å². The number of nitrogens with zero attached hydrogens (tertiary/aromatic N) is 3. The molecule has 31 heavy (non-hydrogen) atoms. The number of aromatic nitrogens is 2. The number of aliphatic carboxylic acids is 1. The Kier molecular flexibility index (Phi) is 4.99. The van der Waals surface area contributed by atoms with Crippen molar-refractivity contribution < 1.29 is 28.6 Å². The first kappa shape index (κ1) is 19.4. The van der Waals surface area contributed by atoms with E-state index in [4.69, 9.17) is 13.9 Å². The van der Waals surface area contributed by atoms with Crippen molar-refractivity contribution >= 4 is 23.6 Å². The van der Waals surface area contributed by atoms with Gasteiger partial charge in [0.2, 0.25) is 18.6 Å². The fourth-order valence-corrected chi connectivity index (χ4v) is 4.28. The van der Waals surface area contributed by atoms with Crippen LogP contribution in [-0.2, 0) is 22.6 Å². The molecule has 0 spiro atoms. The van der Waals surface area contributed by atoms with Crippen LogP contribution in [-0.4, -0.2) is 50.7 Å². The third kappa shape index (κ3) is 3.81. The van der Waals surface area contributed by atoms with E-state index in [0.717, 1.165) is 22.9 Å². The quantitative estimate of drug-likeness (QED) is 0.599. The van der Waals surface area contributed by atoms with Crippen molar-refractivity contribution in [3.8, 4) is 23.0 Å². The molecule has 0 fully saturated rings. The summed E-state index contributed by atoms with van der Waals surface area (Å²) in [5.74, 6) is 0.230. The molecule has 0 saturated carbocycles. The van der Waals surface area contributed by atoms with E-state index in [1.165, 1.54) is 4.90 Å². The van der Waals surface area contributed by atoms with Crippen LogP contribution in [0.2, 0.25) is 0 Å². The van der Waals surface area contributed by atoms with E-state index < -0.39 is 12.0 Å². The van der Waals surface area contributed by atoms with Crippen molar-refractivity contribution in [3.05, 3.63) is 53.6 Å². The molecular formula is C21H17N3O6S. The average molecular weight is 439 g/mol. The van der Waals surface area contributed by atoms with Gasteiger partial charge in [-0.3, -0.25) is 4.79 Å². The maximum Gasteiger partial charge on any atom is 0.326 e. The summed E-state index contributed by atoms with van der Waals surface area (Å²) in [6.07, 6.45) is 0.288. The van der Waals surface area contributed by atoms with Crippen LogP contribution in [0.5, 0.6) is 11.5 Å². The van der Waals surface area contributed by atoms with Crippen LogP contribution in [0.25, 0.3) is 11.5 Å². The first-order valence-electron chi connectivity index (χ1n) is 9.54. The molecule has 2 aromatic carbocycles. The molecule has 1 N–H and O–H groups in total. The highest BCUT2D eigenvalue weighted by Crippen LogP contribution is 2.36. The topological polar surface area (TPSA) is 115 Å². The van der Waals surface area contributed by atoms with Gasteiger partial charge >= 0.3 is 5.97 Å². The number of rotatable bonds is 5. The van der Waals surface area contributed by atoms with Gasteiger partial charge in [0.25, 0.3) is 5.22 Å². The lowest BCUT2D eigenvalue weighted by Gasteiger charge is -2.34. The lowest BCUT2D eigenvalue weighted by Crippen LogP contribution is -2.49. The minimum atomic E-state index is -1.02. The van der Waals surface area contributed by atoms with Gasteiger partial charge in [0.1, 0.15) is 6.04 Å². The third-order valence-electron chi connectivity index (χ3n) is 5.20. The Balaban J connectivity index is 1.27. The molecule has 2 aliphatic rings. The molecule has 3 aromatic rings. The Hall–Kier alpha value is -3.53. The summed E-state index contributed by atoms with van der Waals surface area (Å²) in [6, 6.07) is 12.0. The Morgan fingerprint density at radius 2 is 1.90 bits per heavy atom. The highest BCUT2D eigenvalue weighted by Gasteiger charge is 2.34. The molecule has 0 saturated heterocycles. The molecule has 2 aliphatic heterocycles. The van der Waals surface area contributed by atoms with E-state index in [2.05, 4.69) is 10.2 Å². The molecule has 9 nitrogen and oxygen atoms in total. The van der Waals surface area contributed by atoms with Crippen molar-refractivity contribution in [3.63, 3.8) is 0 Å². The summed E-state index contributed by atoms with van der Waals surface area (Å²) in [4.78, 5) is 26.0. The molecule has 0 radical (unpaired) electrons. The van der Waals surface area contributed by atoms with Gasteiger partial charge < -0.3 is 23.9 Å². The third-order valence-corrected chi connectivity index (χ3v) is 6.00. The molecule has 10 heteroatoms. The van der Waals surface area contributed by atoms with Gasteiger partial charge in [-0.25, -0.2) is 4.79 Å². The van der Waals surface area contributed by atoms with Gasteiger partial charge in [0, 0.05) is 18.5 Å². The maximum atomic E-state index is 12.8. The maximum absolute atomic E-state index is 12.8. The number of thioether (sulfide) groups is 1. The van der Waals surface area contributed by atoms with Crippen molar-refractivity contribution in [2.45, 2.75) is 24.2 Å². The normalized spacial score (nSPS) is 16.8. The van der Waals surface area contributed by atoms with Crippen molar-refractivity contribution in [2.75, 3.05) is 12.5 Å². The highest BCUT2D eigenvalue weighted by atomic mass is 32.2. The van der Waals surface area contributed by atoms with Gasteiger partial charge in [-0.05, 0) is 29.3 Å². The van der Waals surface area contributed by atoms with E-state index >= 15 is 0 Å². The molecule has 1 aromatic heterocycles. The number of benzene rings is 2. The smallest absolute Gasteiger partial charge is 0.326 e. The minimum absolute atomic E-state index is 0.00524. The van der Waals surface area contributed by atoms with Crippen molar-refractivity contribution in [1.82, 2.24) is 15.1 Å². The molecule has 5 rings (SSSR count). The molecular weight excluding hydrogens is 422 g/mol. The molecule has 3 heterocycles. The predicted molar refractivity (Wildman–Crippen MR) is 109 cm³/mol. The van der Waals surface area contributed by atoms with Crippen LogP contribution in [0.15, 0.2) is 52.1 Å². The number of fused-ring (bicyclic) bond motifs is 2. The predicted octanol–water partition coefficient (Wildman–Crippen LogP) is 2.60. The van der Waals surface area contributed by atoms with Crippen LogP contribution in [0.1, 0.15) is 11.1 Å². The van der Waals surface area contributed by atoms with E-state index in [9.17, 15) is 14.7 Å². The number of carboxylic acids is 1. The lowest BCUT2D eigenvalue weighted by atomic mass is 9.94. The number of amides is 1. The van der Waals surface area contributed by atoms with Gasteiger partial charge in [-0.2, -0.15) is 0 Å². The fraction of sp³-hybridized carbons (Fsp3) is 0.238. The van der Waals surface area contributed by atoms with Crippen LogP contribution >= 0.6 is 11.8 Å². The summed E-state index contributed by atoms with van der Waals surface area (Å²) >= 11 is 1.08. The Labute approximate surface area is 181 Å². The van der Waals surface area contributed by atoms with Crippen molar-refractivity contribution in [2.24, 2.45) is 0 Å². The van der Waals surface area contributed by atoms with Gasteiger partial charge in [0.15, 0.2) is 11.5 Å². The Morgan fingerprint density at radius 1 is 1.10 bits per heavy atom. The number of carbonyl (C=O) groups is 2. The number of carboxylic acid groups (broad SMARTS) is 1. The molecule has 0 unspecified atom stereocenters. The second kappa shape index (κ2) is 7.95. The molecule has 0 aliphatic carbocycles. The van der Waals surface area contributed by atoms with Crippen LogP contribution in [0.3, 0.4) is 0 Å². The number of ether oxygens (including phenoxy) is 2. The van der Waals surface area contributed by atoms with E-state index in [1.54, 1.807) is 18.2 Å². The summed E-state index contributed by atoms with van der Waals surface area (Å²) in [5.41, 5.74) is 2.59. The van der Waals surface area contributed by atoms with Crippen molar-refractivity contribution in [1.29, 1.82) is 0 Å². The average Bonchev–Trinajstić information content (AvgIpc) is 3.45. The van der Waals surface area contributed by atoms with Gasteiger partial charge in [0.05, 0.1) is 5.75 Å². The molecule has 0 bridgehead atoms. The summed E-state index contributed by atoms with van der Waals surface area (Å²) in [6.45, 7) is 0.433. The van der Waals surface area contributed by atoms with E-state index in [1.807, 2.05) is 24.3 Å². The monoisotopic (exact) mass is 439 g/mol. The van der Waals surface area contributed by atoms with E-state index in [0.29, 0.717) is 23.0 Å². The summed E-state index contributed by atoms with van der Waals surface area (Å²) in [7, 11) is 0. The summed E-state index contributed by atoms with van der Waals surface area (Å²) in [5, 5.41) is 17.8. The minimum Gasteiger partial charge on any atom is -0.480 e. The number of carbonyl (C=O) groups excluding carboxylic acids is 1. The highest BCUT2D eigenvalue weighted by molar-refractivity contribution is 7.99. The van der Waals surface area contributed by atoms with Crippen LogP contribution < -0.4 is 9.47 Å². The van der Waals surface area contributed by atoms with Gasteiger partial charge in [-0.1, -0.05) is 36.0 Å². The zero-order valence-electron chi connectivity index (χ0n) is 16.2. The van der Waals surface area contributed by atoms with Crippen LogP contribution in [0, 0.1) is 0 Å². The second-order valence-corrected chi connectivity index (χ2v) is 8.00. The van der Waals surface area contributed by atoms with E-state index in [-0.39, 0.29) is 36.6 Å². The Morgan fingerprint density at radius 3 is 2.74 bits per heavy atom. The SMILES string of the molecule is O=C(O)[C@@H]1Cc2ccccc2CN1C(=O)CSc1nnc(-c2ccc3c(c2)OCO3)o1. The fourth-order valence-electron chi connectivity index (χ4n) is 3.63. The largest absolute Gasteiger partial charge is 0.480 e. The first-order valence-corrected chi connectivity index (χ1v) is 10.5.